The van der Waals surface area contributed by atoms with Crippen LogP contribution in [0.25, 0.3) is 0 Å². The minimum Gasteiger partial charge on any atom is -0.391 e. The van der Waals surface area contributed by atoms with Crippen LogP contribution in [0.2, 0.25) is 0 Å². The molecule has 0 aliphatic carbocycles. The van der Waals surface area contributed by atoms with Crippen LogP contribution in [0.3, 0.4) is 0 Å². The molecule has 1 heterocycles. The summed E-state index contributed by atoms with van der Waals surface area (Å²) >= 11 is 0. The molecule has 1 aliphatic rings. The van der Waals surface area contributed by atoms with Crippen LogP contribution in [0.15, 0.2) is 0 Å². The van der Waals surface area contributed by atoms with E-state index < -0.39 is 0 Å². The molecule has 9 heavy (non-hydrogen) atoms. The van der Waals surface area contributed by atoms with Gasteiger partial charge < -0.3 is 10.4 Å². The van der Waals surface area contributed by atoms with Gasteiger partial charge in [0.1, 0.15) is 0 Å². The van der Waals surface area contributed by atoms with Gasteiger partial charge >= 0.3 is 0 Å². The normalized spacial score (nSPS) is 43.7. The van der Waals surface area contributed by atoms with Crippen molar-refractivity contribution in [2.24, 2.45) is 5.41 Å². The third kappa shape index (κ3) is 1.10. The second-order valence-electron chi connectivity index (χ2n) is 3.15. The van der Waals surface area contributed by atoms with Gasteiger partial charge in [0.15, 0.2) is 0 Å². The molecule has 0 aromatic heterocycles. The van der Waals surface area contributed by atoms with Gasteiger partial charge in [0.2, 0.25) is 0 Å². The zero-order valence-corrected chi connectivity index (χ0v) is 6.15. The molecule has 2 heteroatoms. The van der Waals surface area contributed by atoms with E-state index >= 15 is 0 Å². The fourth-order valence-corrected chi connectivity index (χ4v) is 1.22. The molecular formula is C7H15NO. The lowest BCUT2D eigenvalue weighted by atomic mass is 9.85. The lowest BCUT2D eigenvalue weighted by Crippen LogP contribution is -2.29. The standard InChI is InChI=1S/C7H15NO/c1-3-7(2)5-8-4-6(7)9/h6,8-9H,3-5H2,1-2H3. The van der Waals surface area contributed by atoms with Gasteiger partial charge in [0.25, 0.3) is 0 Å². The number of aliphatic hydroxyl groups excluding tert-OH is 1. The first-order valence-electron chi connectivity index (χ1n) is 3.58. The molecule has 1 aliphatic heterocycles. The Bertz CT molecular complexity index is 105. The molecule has 2 atom stereocenters. The fraction of sp³-hybridized carbons (Fsp3) is 1.00. The van der Waals surface area contributed by atoms with Crippen molar-refractivity contribution in [3.05, 3.63) is 0 Å². The third-order valence-electron chi connectivity index (χ3n) is 2.48. The van der Waals surface area contributed by atoms with Crippen molar-refractivity contribution >= 4 is 0 Å². The molecule has 54 valence electrons. The lowest BCUT2D eigenvalue weighted by molar-refractivity contribution is 0.0800. The maximum atomic E-state index is 9.39. The number of hydrogen-bond acceptors (Lipinski definition) is 2. The zero-order valence-electron chi connectivity index (χ0n) is 6.15. The van der Waals surface area contributed by atoms with Crippen molar-refractivity contribution in [2.45, 2.75) is 26.4 Å². The monoisotopic (exact) mass is 129 g/mol. The highest BCUT2D eigenvalue weighted by atomic mass is 16.3. The maximum absolute atomic E-state index is 9.39. The summed E-state index contributed by atoms with van der Waals surface area (Å²) in [4.78, 5) is 0. The SMILES string of the molecule is CCC1(C)CNCC1O. The Kier molecular flexibility index (Phi) is 1.78. The molecule has 1 saturated heterocycles. The first-order valence-corrected chi connectivity index (χ1v) is 3.58. The summed E-state index contributed by atoms with van der Waals surface area (Å²) < 4.78 is 0. The van der Waals surface area contributed by atoms with Crippen molar-refractivity contribution in [3.63, 3.8) is 0 Å². The van der Waals surface area contributed by atoms with E-state index in [9.17, 15) is 5.11 Å². The van der Waals surface area contributed by atoms with E-state index in [1.165, 1.54) is 0 Å². The third-order valence-corrected chi connectivity index (χ3v) is 2.48. The van der Waals surface area contributed by atoms with E-state index in [1.807, 2.05) is 0 Å². The molecule has 0 aromatic carbocycles. The second kappa shape index (κ2) is 2.27. The molecule has 1 fully saturated rings. The number of hydrogen-bond donors (Lipinski definition) is 2. The average molecular weight is 129 g/mol. The van der Waals surface area contributed by atoms with Crippen LogP contribution < -0.4 is 5.32 Å². The number of aliphatic hydroxyl groups is 1. The average Bonchev–Trinajstić information content (AvgIpc) is 2.15. The summed E-state index contributed by atoms with van der Waals surface area (Å²) in [6.45, 7) is 5.98. The summed E-state index contributed by atoms with van der Waals surface area (Å²) in [7, 11) is 0. The summed E-state index contributed by atoms with van der Waals surface area (Å²) in [6, 6.07) is 0. The highest BCUT2D eigenvalue weighted by Crippen LogP contribution is 2.28. The Morgan fingerprint density at radius 1 is 1.78 bits per heavy atom. The Morgan fingerprint density at radius 2 is 2.44 bits per heavy atom. The minimum atomic E-state index is -0.137. The molecule has 2 nitrogen and oxygen atoms in total. The van der Waals surface area contributed by atoms with Crippen LogP contribution >= 0.6 is 0 Å². The smallest absolute Gasteiger partial charge is 0.0730 e. The first-order chi connectivity index (χ1) is 4.19. The van der Waals surface area contributed by atoms with E-state index in [2.05, 4.69) is 19.2 Å². The number of nitrogens with one attached hydrogen (secondary N) is 1. The highest BCUT2D eigenvalue weighted by molar-refractivity contribution is 4.90. The molecule has 1 rings (SSSR count). The van der Waals surface area contributed by atoms with Gasteiger partial charge in [0, 0.05) is 18.5 Å². The van der Waals surface area contributed by atoms with Gasteiger partial charge in [-0.05, 0) is 6.42 Å². The summed E-state index contributed by atoms with van der Waals surface area (Å²) in [5.41, 5.74) is 0.139. The first kappa shape index (κ1) is 7.03. The molecule has 0 saturated carbocycles. The Morgan fingerprint density at radius 3 is 2.67 bits per heavy atom. The molecule has 0 radical (unpaired) electrons. The van der Waals surface area contributed by atoms with Crippen molar-refractivity contribution in [3.8, 4) is 0 Å². The van der Waals surface area contributed by atoms with Crippen molar-refractivity contribution in [1.82, 2.24) is 5.32 Å². The van der Waals surface area contributed by atoms with Gasteiger partial charge in [-0.3, -0.25) is 0 Å². The largest absolute Gasteiger partial charge is 0.391 e. The highest BCUT2D eigenvalue weighted by Gasteiger charge is 2.35. The van der Waals surface area contributed by atoms with E-state index in [0.29, 0.717) is 0 Å². The molecule has 2 unspecified atom stereocenters. The molecule has 0 aromatic rings. The van der Waals surface area contributed by atoms with Crippen molar-refractivity contribution in [1.29, 1.82) is 0 Å². The van der Waals surface area contributed by atoms with Crippen LogP contribution in [-0.2, 0) is 0 Å². The minimum absolute atomic E-state index is 0.137. The van der Waals surface area contributed by atoms with Crippen LogP contribution in [0.5, 0.6) is 0 Å². The van der Waals surface area contributed by atoms with Gasteiger partial charge in [-0.1, -0.05) is 13.8 Å². The Hall–Kier alpha value is -0.0800. The van der Waals surface area contributed by atoms with Crippen molar-refractivity contribution in [2.75, 3.05) is 13.1 Å². The van der Waals surface area contributed by atoms with Gasteiger partial charge in [-0.25, -0.2) is 0 Å². The lowest BCUT2D eigenvalue weighted by Gasteiger charge is -2.24. The predicted octanol–water partition coefficient (Wildman–Crippen LogP) is 0.367. The van der Waals surface area contributed by atoms with Gasteiger partial charge in [0.05, 0.1) is 6.10 Å². The van der Waals surface area contributed by atoms with Gasteiger partial charge in [-0.15, -0.1) is 0 Å². The number of rotatable bonds is 1. The molecular weight excluding hydrogens is 114 g/mol. The number of β-amino-alcohol motifs (C(OH)–C–C–N with tert-alkyl or cyclic N) is 1. The molecule has 0 bridgehead atoms. The second-order valence-corrected chi connectivity index (χ2v) is 3.15. The van der Waals surface area contributed by atoms with Crippen LogP contribution in [0, 0.1) is 5.41 Å². The maximum Gasteiger partial charge on any atom is 0.0730 e. The predicted molar refractivity (Wildman–Crippen MR) is 37.3 cm³/mol. The van der Waals surface area contributed by atoms with Gasteiger partial charge in [-0.2, -0.15) is 0 Å². The topological polar surface area (TPSA) is 32.3 Å². The van der Waals surface area contributed by atoms with Crippen LogP contribution in [0.4, 0.5) is 0 Å². The summed E-state index contributed by atoms with van der Waals surface area (Å²) in [6.07, 6.45) is 0.920. The molecule has 2 N–H and O–H groups in total. The fourth-order valence-electron chi connectivity index (χ4n) is 1.22. The van der Waals surface area contributed by atoms with E-state index in [1.54, 1.807) is 0 Å². The van der Waals surface area contributed by atoms with E-state index in [-0.39, 0.29) is 11.5 Å². The summed E-state index contributed by atoms with van der Waals surface area (Å²) in [5.74, 6) is 0. The zero-order chi connectivity index (χ0) is 6.91. The Labute approximate surface area is 56.3 Å². The molecule has 0 amide bonds. The molecule has 0 spiro atoms. The summed E-state index contributed by atoms with van der Waals surface area (Å²) in [5, 5.41) is 12.5. The quantitative estimate of drug-likeness (QED) is 0.536. The Balaban J connectivity index is 2.56. The van der Waals surface area contributed by atoms with E-state index in [4.69, 9.17) is 0 Å². The van der Waals surface area contributed by atoms with E-state index in [0.717, 1.165) is 19.5 Å². The van der Waals surface area contributed by atoms with Crippen LogP contribution in [-0.4, -0.2) is 24.3 Å². The van der Waals surface area contributed by atoms with Crippen LogP contribution in [0.1, 0.15) is 20.3 Å². The van der Waals surface area contributed by atoms with Crippen molar-refractivity contribution < 1.29 is 5.11 Å².